The SMILES string of the molecule is CCOc1ccc(CCNC(=O)NCCc2ccc(C)cc2)cc1OC. The second kappa shape index (κ2) is 10.3. The topological polar surface area (TPSA) is 59.6 Å². The van der Waals surface area contributed by atoms with E-state index >= 15 is 0 Å². The van der Waals surface area contributed by atoms with Gasteiger partial charge in [-0.25, -0.2) is 4.79 Å². The smallest absolute Gasteiger partial charge is 0.314 e. The summed E-state index contributed by atoms with van der Waals surface area (Å²) in [6.07, 6.45) is 1.55. The number of carbonyl (C=O) groups excluding carboxylic acids is 1. The van der Waals surface area contributed by atoms with Gasteiger partial charge < -0.3 is 20.1 Å². The van der Waals surface area contributed by atoms with Gasteiger partial charge in [0.05, 0.1) is 13.7 Å². The summed E-state index contributed by atoms with van der Waals surface area (Å²) in [5.41, 5.74) is 3.55. The molecule has 26 heavy (non-hydrogen) atoms. The van der Waals surface area contributed by atoms with E-state index in [4.69, 9.17) is 9.47 Å². The Balaban J connectivity index is 1.70. The first-order valence-electron chi connectivity index (χ1n) is 8.99. The Morgan fingerprint density at radius 3 is 2.15 bits per heavy atom. The lowest BCUT2D eigenvalue weighted by atomic mass is 10.1. The van der Waals surface area contributed by atoms with Gasteiger partial charge in [-0.3, -0.25) is 0 Å². The molecule has 0 unspecified atom stereocenters. The van der Waals surface area contributed by atoms with E-state index in [1.54, 1.807) is 7.11 Å². The molecule has 0 aliphatic rings. The van der Waals surface area contributed by atoms with Gasteiger partial charge in [0, 0.05) is 13.1 Å². The second-order valence-corrected chi connectivity index (χ2v) is 6.09. The van der Waals surface area contributed by atoms with Crippen LogP contribution in [0, 0.1) is 6.92 Å². The van der Waals surface area contributed by atoms with Gasteiger partial charge in [-0.05, 0) is 49.9 Å². The van der Waals surface area contributed by atoms with Gasteiger partial charge in [0.25, 0.3) is 0 Å². The predicted octanol–water partition coefficient (Wildman–Crippen LogP) is 3.49. The maximum Gasteiger partial charge on any atom is 0.314 e. The lowest BCUT2D eigenvalue weighted by Crippen LogP contribution is -2.37. The van der Waals surface area contributed by atoms with Gasteiger partial charge >= 0.3 is 6.03 Å². The largest absolute Gasteiger partial charge is 0.493 e. The van der Waals surface area contributed by atoms with Gasteiger partial charge in [-0.1, -0.05) is 35.9 Å². The molecule has 0 aromatic heterocycles. The minimum atomic E-state index is -0.144. The Hall–Kier alpha value is -2.69. The van der Waals surface area contributed by atoms with Crippen molar-refractivity contribution in [3.05, 3.63) is 59.2 Å². The van der Waals surface area contributed by atoms with E-state index in [1.165, 1.54) is 11.1 Å². The summed E-state index contributed by atoms with van der Waals surface area (Å²) in [5, 5.41) is 5.77. The molecule has 0 radical (unpaired) electrons. The molecular formula is C21H28N2O3. The van der Waals surface area contributed by atoms with Crippen molar-refractivity contribution in [1.82, 2.24) is 10.6 Å². The Morgan fingerprint density at radius 2 is 1.54 bits per heavy atom. The number of methoxy groups -OCH3 is 1. The van der Waals surface area contributed by atoms with Crippen LogP contribution in [0.2, 0.25) is 0 Å². The monoisotopic (exact) mass is 356 g/mol. The fraction of sp³-hybridized carbons (Fsp3) is 0.381. The first-order valence-corrected chi connectivity index (χ1v) is 8.99. The third-order valence-corrected chi connectivity index (χ3v) is 4.05. The lowest BCUT2D eigenvalue weighted by Gasteiger charge is -2.11. The number of amides is 2. The third kappa shape index (κ3) is 6.31. The number of ether oxygens (including phenoxy) is 2. The predicted molar refractivity (Wildman–Crippen MR) is 104 cm³/mol. The zero-order chi connectivity index (χ0) is 18.8. The summed E-state index contributed by atoms with van der Waals surface area (Å²) in [7, 11) is 1.63. The zero-order valence-corrected chi connectivity index (χ0v) is 15.8. The van der Waals surface area contributed by atoms with Gasteiger partial charge in [0.2, 0.25) is 0 Å². The van der Waals surface area contributed by atoms with Crippen LogP contribution in [0.25, 0.3) is 0 Å². The molecule has 0 aliphatic carbocycles. The molecule has 0 aliphatic heterocycles. The first-order chi connectivity index (χ1) is 12.6. The normalized spacial score (nSPS) is 10.3. The summed E-state index contributed by atoms with van der Waals surface area (Å²) in [6.45, 7) is 5.78. The number of aryl methyl sites for hydroxylation is 1. The van der Waals surface area contributed by atoms with E-state index in [1.807, 2.05) is 25.1 Å². The highest BCUT2D eigenvalue weighted by Crippen LogP contribution is 2.28. The highest BCUT2D eigenvalue weighted by atomic mass is 16.5. The van der Waals surface area contributed by atoms with Gasteiger partial charge in [-0.15, -0.1) is 0 Å². The highest BCUT2D eigenvalue weighted by molar-refractivity contribution is 5.73. The van der Waals surface area contributed by atoms with Crippen LogP contribution in [0.15, 0.2) is 42.5 Å². The van der Waals surface area contributed by atoms with Crippen molar-refractivity contribution in [2.75, 3.05) is 26.8 Å². The van der Waals surface area contributed by atoms with E-state index in [2.05, 4.69) is 41.8 Å². The third-order valence-electron chi connectivity index (χ3n) is 4.05. The summed E-state index contributed by atoms with van der Waals surface area (Å²) >= 11 is 0. The number of hydrogen-bond acceptors (Lipinski definition) is 3. The number of carbonyl (C=O) groups is 1. The Kier molecular flexibility index (Phi) is 7.80. The number of nitrogens with one attached hydrogen (secondary N) is 2. The van der Waals surface area contributed by atoms with Crippen molar-refractivity contribution < 1.29 is 14.3 Å². The average Bonchev–Trinajstić information content (AvgIpc) is 2.64. The van der Waals surface area contributed by atoms with Crippen molar-refractivity contribution in [2.45, 2.75) is 26.7 Å². The highest BCUT2D eigenvalue weighted by Gasteiger charge is 2.06. The number of urea groups is 1. The van der Waals surface area contributed by atoms with Crippen molar-refractivity contribution in [1.29, 1.82) is 0 Å². The van der Waals surface area contributed by atoms with E-state index in [9.17, 15) is 4.79 Å². The minimum absolute atomic E-state index is 0.144. The van der Waals surface area contributed by atoms with Gasteiger partial charge in [-0.2, -0.15) is 0 Å². The molecule has 0 saturated carbocycles. The molecule has 0 fully saturated rings. The average molecular weight is 356 g/mol. The maximum absolute atomic E-state index is 11.9. The van der Waals surface area contributed by atoms with E-state index < -0.39 is 0 Å². The second-order valence-electron chi connectivity index (χ2n) is 6.09. The van der Waals surface area contributed by atoms with Crippen molar-refractivity contribution in [3.63, 3.8) is 0 Å². The van der Waals surface area contributed by atoms with Crippen molar-refractivity contribution in [3.8, 4) is 11.5 Å². The van der Waals surface area contributed by atoms with Crippen LogP contribution < -0.4 is 20.1 Å². The molecule has 0 spiro atoms. The summed E-state index contributed by atoms with van der Waals surface area (Å²) < 4.78 is 10.9. The Labute approximate surface area is 155 Å². The molecule has 2 rings (SSSR count). The fourth-order valence-electron chi connectivity index (χ4n) is 2.60. The quantitative estimate of drug-likeness (QED) is 0.723. The molecule has 2 aromatic rings. The molecule has 2 aromatic carbocycles. The molecule has 0 atom stereocenters. The number of hydrogen-bond donors (Lipinski definition) is 2. The molecule has 0 bridgehead atoms. The van der Waals surface area contributed by atoms with Gasteiger partial charge in [0.1, 0.15) is 0 Å². The van der Waals surface area contributed by atoms with Crippen LogP contribution in [0.1, 0.15) is 23.6 Å². The molecular weight excluding hydrogens is 328 g/mol. The minimum Gasteiger partial charge on any atom is -0.493 e. The molecule has 5 nitrogen and oxygen atoms in total. The standard InChI is InChI=1S/C21H28N2O3/c1-4-26-19-10-9-18(15-20(19)25-3)12-14-23-21(24)22-13-11-17-7-5-16(2)6-8-17/h5-10,15H,4,11-14H2,1-3H3,(H2,22,23,24). The van der Waals surface area contributed by atoms with Crippen LogP contribution in [-0.2, 0) is 12.8 Å². The van der Waals surface area contributed by atoms with E-state index in [-0.39, 0.29) is 6.03 Å². The van der Waals surface area contributed by atoms with Crippen LogP contribution in [0.5, 0.6) is 11.5 Å². The van der Waals surface area contributed by atoms with Crippen LogP contribution in [0.3, 0.4) is 0 Å². The lowest BCUT2D eigenvalue weighted by molar-refractivity contribution is 0.241. The zero-order valence-electron chi connectivity index (χ0n) is 15.8. The summed E-state index contributed by atoms with van der Waals surface area (Å²) in [4.78, 5) is 11.9. The first kappa shape index (κ1) is 19.6. The van der Waals surface area contributed by atoms with Crippen LogP contribution >= 0.6 is 0 Å². The molecule has 0 heterocycles. The summed E-state index contributed by atoms with van der Waals surface area (Å²) in [6, 6.07) is 14.0. The molecule has 2 N–H and O–H groups in total. The van der Waals surface area contributed by atoms with Crippen LogP contribution in [-0.4, -0.2) is 32.8 Å². The van der Waals surface area contributed by atoms with Crippen molar-refractivity contribution >= 4 is 6.03 Å². The fourth-order valence-corrected chi connectivity index (χ4v) is 2.60. The maximum atomic E-state index is 11.9. The van der Waals surface area contributed by atoms with Crippen LogP contribution in [0.4, 0.5) is 4.79 Å². The van der Waals surface area contributed by atoms with E-state index in [0.29, 0.717) is 25.4 Å². The van der Waals surface area contributed by atoms with Gasteiger partial charge in [0.15, 0.2) is 11.5 Å². The molecule has 0 saturated heterocycles. The molecule has 5 heteroatoms. The number of rotatable bonds is 9. The Bertz CT molecular complexity index is 699. The summed E-state index contributed by atoms with van der Waals surface area (Å²) in [5.74, 6) is 1.45. The molecule has 2 amide bonds. The molecule has 140 valence electrons. The van der Waals surface area contributed by atoms with E-state index in [0.717, 1.165) is 24.2 Å². The Morgan fingerprint density at radius 1 is 0.923 bits per heavy atom. The van der Waals surface area contributed by atoms with Crippen molar-refractivity contribution in [2.24, 2.45) is 0 Å². The number of benzene rings is 2.